The summed E-state index contributed by atoms with van der Waals surface area (Å²) in [6, 6.07) is 17.2. The highest BCUT2D eigenvalue weighted by Gasteiger charge is 2.13. The minimum atomic E-state index is -0.276. The van der Waals surface area contributed by atoms with Gasteiger partial charge in [0.2, 0.25) is 0 Å². The summed E-state index contributed by atoms with van der Waals surface area (Å²) in [6.45, 7) is 1.83. The molecule has 0 aliphatic carbocycles. The number of amides is 1. The van der Waals surface area contributed by atoms with E-state index in [2.05, 4.69) is 15.5 Å². The summed E-state index contributed by atoms with van der Waals surface area (Å²) in [5.41, 5.74) is 3.90. The van der Waals surface area contributed by atoms with Crippen LogP contribution in [0.1, 0.15) is 12.5 Å². The SMILES string of the molecule is COc1ccc2cc(/C=N/NC(=O)C(C)Sc3ccccc3)c(Cl)nc2c1. The summed E-state index contributed by atoms with van der Waals surface area (Å²) in [5, 5.41) is 4.95. The number of ether oxygens (including phenoxy) is 1. The first-order chi connectivity index (χ1) is 13.1. The maximum Gasteiger partial charge on any atom is 0.253 e. The first-order valence-corrected chi connectivity index (χ1v) is 9.51. The van der Waals surface area contributed by atoms with Crippen LogP contribution in [0.25, 0.3) is 10.9 Å². The molecule has 0 saturated heterocycles. The van der Waals surface area contributed by atoms with E-state index in [4.69, 9.17) is 16.3 Å². The molecule has 0 bridgehead atoms. The summed E-state index contributed by atoms with van der Waals surface area (Å²) in [5.74, 6) is 0.527. The van der Waals surface area contributed by atoms with Gasteiger partial charge in [-0.1, -0.05) is 29.8 Å². The third-order valence-corrected chi connectivity index (χ3v) is 5.22. The molecule has 7 heteroatoms. The average molecular weight is 400 g/mol. The number of hydrazone groups is 1. The standard InChI is InChI=1S/C20H18ClN3O2S/c1-13(27-17-6-4-3-5-7-17)20(25)24-22-12-15-10-14-8-9-16(26-2)11-18(14)23-19(15)21/h3-13H,1-2H3,(H,24,25)/b22-12+. The minimum absolute atomic E-state index is 0.185. The highest BCUT2D eigenvalue weighted by molar-refractivity contribution is 8.00. The van der Waals surface area contributed by atoms with Gasteiger partial charge in [-0.3, -0.25) is 4.79 Å². The quantitative estimate of drug-likeness (QED) is 0.286. The molecule has 0 spiro atoms. The van der Waals surface area contributed by atoms with E-state index in [1.165, 1.54) is 18.0 Å². The van der Waals surface area contributed by atoms with E-state index >= 15 is 0 Å². The number of hydrogen-bond donors (Lipinski definition) is 1. The highest BCUT2D eigenvalue weighted by Crippen LogP contribution is 2.24. The molecule has 0 saturated carbocycles. The molecule has 3 aromatic rings. The number of aromatic nitrogens is 1. The number of rotatable bonds is 6. The summed E-state index contributed by atoms with van der Waals surface area (Å²) >= 11 is 7.69. The van der Waals surface area contributed by atoms with Crippen molar-refractivity contribution in [3.8, 4) is 5.75 Å². The van der Waals surface area contributed by atoms with E-state index in [-0.39, 0.29) is 11.2 Å². The Bertz CT molecular complexity index is 980. The molecule has 1 aromatic heterocycles. The van der Waals surface area contributed by atoms with Crippen LogP contribution in [-0.2, 0) is 4.79 Å². The zero-order chi connectivity index (χ0) is 19.2. The Morgan fingerprint density at radius 2 is 2.04 bits per heavy atom. The molecule has 5 nitrogen and oxygen atoms in total. The number of nitrogens with one attached hydrogen (secondary N) is 1. The smallest absolute Gasteiger partial charge is 0.253 e. The Balaban J connectivity index is 1.66. The number of methoxy groups -OCH3 is 1. The number of carbonyl (C=O) groups is 1. The zero-order valence-corrected chi connectivity index (χ0v) is 16.4. The van der Waals surface area contributed by atoms with Gasteiger partial charge in [-0.15, -0.1) is 11.8 Å². The molecule has 1 unspecified atom stereocenters. The number of carbonyl (C=O) groups excluding carboxylic acids is 1. The van der Waals surface area contributed by atoms with Crippen LogP contribution in [0, 0.1) is 0 Å². The molecule has 1 heterocycles. The predicted octanol–water partition coefficient (Wildman–Crippen LogP) is 4.53. The van der Waals surface area contributed by atoms with Gasteiger partial charge in [0.25, 0.3) is 5.91 Å². The first-order valence-electron chi connectivity index (χ1n) is 8.26. The number of fused-ring (bicyclic) bond motifs is 1. The fraction of sp³-hybridized carbons (Fsp3) is 0.150. The van der Waals surface area contributed by atoms with Gasteiger partial charge in [-0.05, 0) is 37.3 Å². The normalized spacial score (nSPS) is 12.3. The summed E-state index contributed by atoms with van der Waals surface area (Å²) in [6.07, 6.45) is 1.50. The first kappa shape index (κ1) is 19.2. The van der Waals surface area contributed by atoms with Crippen molar-refractivity contribution in [1.82, 2.24) is 10.4 Å². The molecule has 27 heavy (non-hydrogen) atoms. The van der Waals surface area contributed by atoms with Crippen LogP contribution >= 0.6 is 23.4 Å². The number of halogens is 1. The van der Waals surface area contributed by atoms with Crippen LogP contribution in [0.3, 0.4) is 0 Å². The van der Waals surface area contributed by atoms with Crippen LogP contribution in [0.5, 0.6) is 5.75 Å². The second-order valence-electron chi connectivity index (χ2n) is 5.73. The van der Waals surface area contributed by atoms with Crippen molar-refractivity contribution < 1.29 is 9.53 Å². The molecule has 138 valence electrons. The molecule has 0 aliphatic rings. The minimum Gasteiger partial charge on any atom is -0.497 e. The van der Waals surface area contributed by atoms with Gasteiger partial charge in [0.1, 0.15) is 10.9 Å². The molecule has 0 aliphatic heterocycles. The second-order valence-corrected chi connectivity index (χ2v) is 7.51. The zero-order valence-electron chi connectivity index (χ0n) is 14.8. The van der Waals surface area contributed by atoms with Crippen molar-refractivity contribution >= 4 is 46.4 Å². The van der Waals surface area contributed by atoms with Gasteiger partial charge in [0, 0.05) is 21.9 Å². The fourth-order valence-electron chi connectivity index (χ4n) is 2.37. The molecule has 1 N–H and O–H groups in total. The largest absolute Gasteiger partial charge is 0.497 e. The summed E-state index contributed by atoms with van der Waals surface area (Å²) in [4.78, 5) is 17.6. The van der Waals surface area contributed by atoms with Gasteiger partial charge in [0.05, 0.1) is 24.1 Å². The van der Waals surface area contributed by atoms with Gasteiger partial charge in [-0.25, -0.2) is 10.4 Å². The maximum atomic E-state index is 12.2. The molecule has 0 fully saturated rings. The molecular formula is C20H18ClN3O2S. The third-order valence-electron chi connectivity index (χ3n) is 3.81. The second kappa shape index (κ2) is 8.88. The van der Waals surface area contributed by atoms with Crippen molar-refractivity contribution in [2.75, 3.05) is 7.11 Å². The van der Waals surface area contributed by atoms with E-state index in [9.17, 15) is 4.79 Å². The number of pyridine rings is 1. The van der Waals surface area contributed by atoms with E-state index in [0.717, 1.165) is 15.8 Å². The lowest BCUT2D eigenvalue weighted by atomic mass is 10.1. The molecule has 1 atom stereocenters. The summed E-state index contributed by atoms with van der Waals surface area (Å²) in [7, 11) is 1.60. The van der Waals surface area contributed by atoms with Crippen molar-refractivity contribution in [1.29, 1.82) is 0 Å². The Hall–Kier alpha value is -2.57. The monoisotopic (exact) mass is 399 g/mol. The maximum absolute atomic E-state index is 12.2. The topological polar surface area (TPSA) is 63.6 Å². The van der Waals surface area contributed by atoms with Gasteiger partial charge < -0.3 is 4.74 Å². The van der Waals surface area contributed by atoms with Crippen molar-refractivity contribution in [3.05, 3.63) is 65.3 Å². The van der Waals surface area contributed by atoms with Crippen LogP contribution in [-0.4, -0.2) is 29.5 Å². The lowest BCUT2D eigenvalue weighted by molar-refractivity contribution is -0.120. The van der Waals surface area contributed by atoms with E-state index in [1.54, 1.807) is 7.11 Å². The Morgan fingerprint density at radius 3 is 2.78 bits per heavy atom. The van der Waals surface area contributed by atoms with Crippen molar-refractivity contribution in [2.45, 2.75) is 17.1 Å². The molecule has 2 aromatic carbocycles. The van der Waals surface area contributed by atoms with E-state index < -0.39 is 0 Å². The number of thioether (sulfide) groups is 1. The molecule has 3 rings (SSSR count). The molecule has 0 radical (unpaired) electrons. The fourth-order valence-corrected chi connectivity index (χ4v) is 3.45. The van der Waals surface area contributed by atoms with Gasteiger partial charge >= 0.3 is 0 Å². The average Bonchev–Trinajstić information content (AvgIpc) is 2.68. The highest BCUT2D eigenvalue weighted by atomic mass is 35.5. The number of benzene rings is 2. The number of hydrogen-bond acceptors (Lipinski definition) is 5. The Morgan fingerprint density at radius 1 is 1.26 bits per heavy atom. The Labute approximate surface area is 166 Å². The van der Waals surface area contributed by atoms with Crippen LogP contribution in [0.15, 0.2) is 64.6 Å². The van der Waals surface area contributed by atoms with Crippen molar-refractivity contribution in [3.63, 3.8) is 0 Å². The van der Waals surface area contributed by atoms with Crippen LogP contribution in [0.2, 0.25) is 5.15 Å². The summed E-state index contributed by atoms with van der Waals surface area (Å²) < 4.78 is 5.19. The lowest BCUT2D eigenvalue weighted by Gasteiger charge is -2.09. The van der Waals surface area contributed by atoms with E-state index in [0.29, 0.717) is 16.5 Å². The molecular weight excluding hydrogens is 382 g/mol. The van der Waals surface area contributed by atoms with Gasteiger partial charge in [-0.2, -0.15) is 5.10 Å². The number of nitrogens with zero attached hydrogens (tertiary/aromatic N) is 2. The lowest BCUT2D eigenvalue weighted by Crippen LogP contribution is -2.26. The Kier molecular flexibility index (Phi) is 6.32. The van der Waals surface area contributed by atoms with Crippen molar-refractivity contribution in [2.24, 2.45) is 5.10 Å². The van der Waals surface area contributed by atoms with E-state index in [1.807, 2.05) is 61.5 Å². The van der Waals surface area contributed by atoms with Crippen LogP contribution < -0.4 is 10.2 Å². The van der Waals surface area contributed by atoms with Crippen LogP contribution in [0.4, 0.5) is 0 Å². The molecule has 1 amide bonds. The van der Waals surface area contributed by atoms with Gasteiger partial charge in [0.15, 0.2) is 0 Å². The third kappa shape index (κ3) is 4.99. The predicted molar refractivity (Wildman–Crippen MR) is 111 cm³/mol.